The van der Waals surface area contributed by atoms with Gasteiger partial charge in [-0.25, -0.2) is 0 Å². The fourth-order valence-corrected chi connectivity index (χ4v) is 2.52. The molecule has 0 atom stereocenters. The van der Waals surface area contributed by atoms with Crippen molar-refractivity contribution in [1.82, 2.24) is 0 Å². The van der Waals surface area contributed by atoms with E-state index in [1.165, 1.54) is 30.3 Å². The minimum absolute atomic E-state index is 0.0376. The van der Waals surface area contributed by atoms with Gasteiger partial charge in [-0.05, 0) is 35.9 Å². The smallest absolute Gasteiger partial charge is 0.183 e. The molecule has 0 saturated heterocycles. The van der Waals surface area contributed by atoms with Gasteiger partial charge in [-0.3, -0.25) is 4.79 Å². The van der Waals surface area contributed by atoms with Crippen LogP contribution in [0.15, 0.2) is 72.8 Å². The summed E-state index contributed by atoms with van der Waals surface area (Å²) in [5.41, 5.74) is 1.03. The molecule has 3 rings (SSSR count). The molecular formula is C20H15O4. The number of hydrogen-bond donors (Lipinski definition) is 3. The van der Waals surface area contributed by atoms with Crippen molar-refractivity contribution in [3.05, 3.63) is 95.4 Å². The summed E-state index contributed by atoms with van der Waals surface area (Å²) in [7, 11) is 0. The van der Waals surface area contributed by atoms with Crippen molar-refractivity contribution in [1.29, 1.82) is 0 Å². The van der Waals surface area contributed by atoms with Crippen molar-refractivity contribution in [2.45, 2.75) is 0 Å². The van der Waals surface area contributed by atoms with Gasteiger partial charge in [0.05, 0.1) is 5.56 Å². The first-order valence-electron chi connectivity index (χ1n) is 7.35. The SMILES string of the molecule is O=C([C](c1ccc(O)cc1)c1ccccc1O)c1ccccc1O. The Morgan fingerprint density at radius 3 is 1.67 bits per heavy atom. The highest BCUT2D eigenvalue weighted by Crippen LogP contribution is 2.35. The zero-order valence-corrected chi connectivity index (χ0v) is 12.7. The lowest BCUT2D eigenvalue weighted by Crippen LogP contribution is -2.16. The van der Waals surface area contributed by atoms with Gasteiger partial charge in [0.25, 0.3) is 0 Å². The molecule has 0 aliphatic heterocycles. The molecule has 0 aliphatic rings. The lowest BCUT2D eigenvalue weighted by atomic mass is 9.84. The number of para-hydroxylation sites is 2. The highest BCUT2D eigenvalue weighted by molar-refractivity contribution is 6.13. The van der Waals surface area contributed by atoms with Crippen LogP contribution in [-0.2, 0) is 0 Å². The molecule has 3 aromatic rings. The number of hydrogen-bond acceptors (Lipinski definition) is 4. The van der Waals surface area contributed by atoms with E-state index in [9.17, 15) is 20.1 Å². The third-order valence-electron chi connectivity index (χ3n) is 3.71. The first-order valence-corrected chi connectivity index (χ1v) is 7.35. The fraction of sp³-hybridized carbons (Fsp3) is 0. The molecule has 4 heteroatoms. The van der Waals surface area contributed by atoms with Gasteiger partial charge in [0.2, 0.25) is 0 Å². The molecule has 0 amide bonds. The second-order valence-electron chi connectivity index (χ2n) is 5.29. The Morgan fingerprint density at radius 1 is 0.625 bits per heavy atom. The van der Waals surface area contributed by atoms with Gasteiger partial charge in [-0.15, -0.1) is 0 Å². The number of phenolic OH excluding ortho intramolecular Hbond substituents is 3. The topological polar surface area (TPSA) is 77.8 Å². The quantitative estimate of drug-likeness (QED) is 0.641. The summed E-state index contributed by atoms with van der Waals surface area (Å²) < 4.78 is 0. The predicted molar refractivity (Wildman–Crippen MR) is 90.1 cm³/mol. The van der Waals surface area contributed by atoms with E-state index >= 15 is 0 Å². The van der Waals surface area contributed by atoms with Crippen LogP contribution >= 0.6 is 0 Å². The van der Waals surface area contributed by atoms with Crippen LogP contribution in [0.2, 0.25) is 0 Å². The summed E-state index contributed by atoms with van der Waals surface area (Å²) in [6, 6.07) is 18.9. The van der Waals surface area contributed by atoms with Crippen molar-refractivity contribution in [3.8, 4) is 17.2 Å². The maximum absolute atomic E-state index is 13.0. The van der Waals surface area contributed by atoms with Gasteiger partial charge in [0.1, 0.15) is 23.2 Å². The number of carbonyl (C=O) groups is 1. The fourth-order valence-electron chi connectivity index (χ4n) is 2.52. The van der Waals surface area contributed by atoms with Gasteiger partial charge in [-0.1, -0.05) is 42.5 Å². The number of phenols is 3. The molecule has 0 spiro atoms. The minimum atomic E-state index is -0.416. The lowest BCUT2D eigenvalue weighted by Gasteiger charge is -2.18. The highest BCUT2D eigenvalue weighted by atomic mass is 16.3. The third-order valence-corrected chi connectivity index (χ3v) is 3.71. The average Bonchev–Trinajstić information content (AvgIpc) is 2.59. The largest absolute Gasteiger partial charge is 0.508 e. The molecule has 0 saturated carbocycles. The lowest BCUT2D eigenvalue weighted by molar-refractivity contribution is 0.101. The van der Waals surface area contributed by atoms with Gasteiger partial charge >= 0.3 is 0 Å². The summed E-state index contributed by atoms with van der Waals surface area (Å²) >= 11 is 0. The van der Waals surface area contributed by atoms with Crippen LogP contribution in [0.4, 0.5) is 0 Å². The number of carbonyl (C=O) groups excluding carboxylic acids is 1. The number of ketones is 1. The second kappa shape index (κ2) is 6.46. The molecule has 3 N–H and O–H groups in total. The Balaban J connectivity index is 2.16. The Bertz CT molecular complexity index is 869. The Labute approximate surface area is 139 Å². The summed E-state index contributed by atoms with van der Waals surface area (Å²) in [6.45, 7) is 0. The summed E-state index contributed by atoms with van der Waals surface area (Å²) in [4.78, 5) is 13.0. The number of rotatable bonds is 4. The van der Waals surface area contributed by atoms with E-state index in [1.54, 1.807) is 42.5 Å². The first kappa shape index (κ1) is 15.6. The van der Waals surface area contributed by atoms with Gasteiger partial charge < -0.3 is 15.3 Å². The van der Waals surface area contributed by atoms with E-state index in [0.717, 1.165) is 0 Å². The maximum atomic E-state index is 13.0. The maximum Gasteiger partial charge on any atom is 0.183 e. The van der Waals surface area contributed by atoms with Gasteiger partial charge in [-0.2, -0.15) is 0 Å². The Morgan fingerprint density at radius 2 is 1.12 bits per heavy atom. The Hall–Kier alpha value is -3.27. The van der Waals surface area contributed by atoms with Crippen LogP contribution in [0.25, 0.3) is 0 Å². The standard InChI is InChI=1S/C20H15O4/c21-14-11-9-13(10-12-14)19(15-5-1-3-7-17(15)22)20(24)16-6-2-4-8-18(16)23/h1-12,21-23H. The second-order valence-corrected chi connectivity index (χ2v) is 5.29. The van der Waals surface area contributed by atoms with Crippen LogP contribution in [0, 0.1) is 5.92 Å². The van der Waals surface area contributed by atoms with Crippen molar-refractivity contribution in [2.24, 2.45) is 0 Å². The molecule has 119 valence electrons. The molecule has 4 nitrogen and oxygen atoms in total. The van der Waals surface area contributed by atoms with Crippen LogP contribution < -0.4 is 0 Å². The molecule has 0 bridgehead atoms. The third kappa shape index (κ3) is 2.94. The number of aromatic hydroxyl groups is 3. The van der Waals surface area contributed by atoms with Crippen molar-refractivity contribution >= 4 is 5.78 Å². The van der Waals surface area contributed by atoms with E-state index in [0.29, 0.717) is 11.1 Å². The van der Waals surface area contributed by atoms with E-state index < -0.39 is 5.78 Å². The number of Topliss-reactive ketones (excluding diaryl/α,β-unsaturated/α-hetero) is 1. The molecule has 1 radical (unpaired) electrons. The highest BCUT2D eigenvalue weighted by Gasteiger charge is 2.28. The molecule has 3 aromatic carbocycles. The van der Waals surface area contributed by atoms with Crippen LogP contribution in [-0.4, -0.2) is 21.1 Å². The molecule has 24 heavy (non-hydrogen) atoms. The van der Waals surface area contributed by atoms with E-state index in [1.807, 2.05) is 0 Å². The van der Waals surface area contributed by atoms with E-state index in [-0.39, 0.29) is 28.7 Å². The molecular weight excluding hydrogens is 304 g/mol. The van der Waals surface area contributed by atoms with Crippen LogP contribution in [0.5, 0.6) is 17.2 Å². The summed E-state index contributed by atoms with van der Waals surface area (Å²) in [5, 5.41) is 29.7. The monoisotopic (exact) mass is 319 g/mol. The Kier molecular flexibility index (Phi) is 4.20. The van der Waals surface area contributed by atoms with E-state index in [4.69, 9.17) is 0 Å². The van der Waals surface area contributed by atoms with Crippen LogP contribution in [0.1, 0.15) is 21.5 Å². The molecule has 0 aromatic heterocycles. The average molecular weight is 319 g/mol. The molecule has 0 aliphatic carbocycles. The van der Waals surface area contributed by atoms with E-state index in [2.05, 4.69) is 0 Å². The van der Waals surface area contributed by atoms with Gasteiger partial charge in [0.15, 0.2) is 5.78 Å². The zero-order chi connectivity index (χ0) is 17.1. The summed E-state index contributed by atoms with van der Waals surface area (Å²) in [6.07, 6.45) is 0. The van der Waals surface area contributed by atoms with Crippen molar-refractivity contribution in [3.63, 3.8) is 0 Å². The predicted octanol–water partition coefficient (Wildman–Crippen LogP) is 3.66. The van der Waals surface area contributed by atoms with Crippen LogP contribution in [0.3, 0.4) is 0 Å². The normalized spacial score (nSPS) is 10.7. The zero-order valence-electron chi connectivity index (χ0n) is 12.7. The first-order chi connectivity index (χ1) is 11.6. The van der Waals surface area contributed by atoms with Crippen molar-refractivity contribution < 1.29 is 20.1 Å². The molecule has 0 unspecified atom stereocenters. The number of benzene rings is 3. The molecule has 0 heterocycles. The van der Waals surface area contributed by atoms with Gasteiger partial charge in [0, 0.05) is 5.56 Å². The minimum Gasteiger partial charge on any atom is -0.508 e. The molecule has 0 fully saturated rings. The van der Waals surface area contributed by atoms with Crippen molar-refractivity contribution in [2.75, 3.05) is 0 Å². The summed E-state index contributed by atoms with van der Waals surface area (Å²) in [5.74, 6) is -0.265.